The molecule has 23 heavy (non-hydrogen) atoms. The first-order chi connectivity index (χ1) is 11.0. The van der Waals surface area contributed by atoms with Crippen molar-refractivity contribution in [2.24, 2.45) is 0 Å². The SMILES string of the molecule is COc1ccc(NC(=O)CCOc2cc(C)ccc2C)cc1N. The summed E-state index contributed by atoms with van der Waals surface area (Å²) in [6, 6.07) is 11.1. The molecular formula is C18H22N2O3. The van der Waals surface area contributed by atoms with E-state index >= 15 is 0 Å². The van der Waals surface area contributed by atoms with Crippen LogP contribution in [0.25, 0.3) is 0 Å². The molecule has 0 bridgehead atoms. The number of methoxy groups -OCH3 is 1. The van der Waals surface area contributed by atoms with Gasteiger partial charge in [0.15, 0.2) is 0 Å². The zero-order chi connectivity index (χ0) is 16.8. The van der Waals surface area contributed by atoms with Crippen molar-refractivity contribution < 1.29 is 14.3 Å². The Morgan fingerprint density at radius 1 is 1.13 bits per heavy atom. The number of benzene rings is 2. The van der Waals surface area contributed by atoms with Crippen LogP contribution in [0.4, 0.5) is 11.4 Å². The molecule has 3 N–H and O–H groups in total. The molecule has 0 aliphatic carbocycles. The maximum Gasteiger partial charge on any atom is 0.227 e. The van der Waals surface area contributed by atoms with Crippen molar-refractivity contribution >= 4 is 17.3 Å². The molecule has 2 rings (SSSR count). The molecule has 5 nitrogen and oxygen atoms in total. The fourth-order valence-electron chi connectivity index (χ4n) is 2.15. The number of nitrogens with one attached hydrogen (secondary N) is 1. The molecule has 2 aromatic carbocycles. The zero-order valence-corrected chi connectivity index (χ0v) is 13.7. The Balaban J connectivity index is 1.85. The molecule has 0 atom stereocenters. The highest BCUT2D eigenvalue weighted by molar-refractivity contribution is 5.91. The number of nitrogen functional groups attached to an aromatic ring is 1. The van der Waals surface area contributed by atoms with Gasteiger partial charge in [-0.2, -0.15) is 0 Å². The number of hydrogen-bond donors (Lipinski definition) is 2. The largest absolute Gasteiger partial charge is 0.495 e. The standard InChI is InChI=1S/C18H22N2O3/c1-12-4-5-13(2)17(10-12)23-9-8-18(21)20-14-6-7-16(22-3)15(19)11-14/h4-7,10-11H,8-9,19H2,1-3H3,(H,20,21). The van der Waals surface area contributed by atoms with Gasteiger partial charge in [0.25, 0.3) is 0 Å². The number of nitrogens with two attached hydrogens (primary N) is 1. The van der Waals surface area contributed by atoms with Gasteiger partial charge in [-0.25, -0.2) is 0 Å². The van der Waals surface area contributed by atoms with Gasteiger partial charge in [-0.3, -0.25) is 4.79 Å². The average Bonchev–Trinajstić information content (AvgIpc) is 2.51. The van der Waals surface area contributed by atoms with Gasteiger partial charge in [0, 0.05) is 5.69 Å². The quantitative estimate of drug-likeness (QED) is 0.802. The maximum absolute atomic E-state index is 12.0. The maximum atomic E-state index is 12.0. The van der Waals surface area contributed by atoms with Gasteiger partial charge < -0.3 is 20.5 Å². The number of aryl methyl sites for hydroxylation is 2. The molecule has 5 heteroatoms. The van der Waals surface area contributed by atoms with Crippen LogP contribution < -0.4 is 20.5 Å². The fraction of sp³-hybridized carbons (Fsp3) is 0.278. The summed E-state index contributed by atoms with van der Waals surface area (Å²) in [5, 5.41) is 2.79. The molecule has 0 saturated carbocycles. The zero-order valence-electron chi connectivity index (χ0n) is 13.7. The molecule has 0 radical (unpaired) electrons. The van der Waals surface area contributed by atoms with Crippen molar-refractivity contribution in [3.63, 3.8) is 0 Å². The van der Waals surface area contributed by atoms with Gasteiger partial charge in [-0.15, -0.1) is 0 Å². The van der Waals surface area contributed by atoms with Crippen LogP contribution in [0.3, 0.4) is 0 Å². The number of rotatable bonds is 6. The van der Waals surface area contributed by atoms with Crippen molar-refractivity contribution in [2.45, 2.75) is 20.3 Å². The van der Waals surface area contributed by atoms with Crippen molar-refractivity contribution in [1.29, 1.82) is 0 Å². The number of hydrogen-bond acceptors (Lipinski definition) is 4. The first-order valence-corrected chi connectivity index (χ1v) is 7.43. The summed E-state index contributed by atoms with van der Waals surface area (Å²) in [5.74, 6) is 1.27. The molecule has 0 heterocycles. The van der Waals surface area contributed by atoms with Crippen LogP contribution in [0.2, 0.25) is 0 Å². The minimum atomic E-state index is -0.125. The van der Waals surface area contributed by atoms with Crippen molar-refractivity contribution in [3.05, 3.63) is 47.5 Å². The Bertz CT molecular complexity index is 699. The fourth-order valence-corrected chi connectivity index (χ4v) is 2.15. The highest BCUT2D eigenvalue weighted by Crippen LogP contribution is 2.24. The first-order valence-electron chi connectivity index (χ1n) is 7.43. The van der Waals surface area contributed by atoms with E-state index < -0.39 is 0 Å². The third-order valence-electron chi connectivity index (χ3n) is 3.44. The third kappa shape index (κ3) is 4.64. The summed E-state index contributed by atoms with van der Waals surface area (Å²) in [4.78, 5) is 12.0. The normalized spacial score (nSPS) is 10.2. The van der Waals surface area contributed by atoms with Crippen LogP contribution in [-0.4, -0.2) is 19.6 Å². The van der Waals surface area contributed by atoms with E-state index in [9.17, 15) is 4.79 Å². The van der Waals surface area contributed by atoms with Crippen molar-refractivity contribution in [1.82, 2.24) is 0 Å². The van der Waals surface area contributed by atoms with E-state index in [1.54, 1.807) is 25.3 Å². The lowest BCUT2D eigenvalue weighted by atomic mass is 10.1. The second-order valence-electron chi connectivity index (χ2n) is 5.37. The van der Waals surface area contributed by atoms with E-state index in [0.29, 0.717) is 23.7 Å². The molecular weight excluding hydrogens is 292 g/mol. The smallest absolute Gasteiger partial charge is 0.227 e. The molecule has 0 aliphatic rings. The van der Waals surface area contributed by atoms with Gasteiger partial charge in [0.05, 0.1) is 25.8 Å². The minimum absolute atomic E-state index is 0.125. The van der Waals surface area contributed by atoms with E-state index in [1.165, 1.54) is 0 Å². The summed E-state index contributed by atoms with van der Waals surface area (Å²) < 4.78 is 10.8. The number of carbonyl (C=O) groups is 1. The monoisotopic (exact) mass is 314 g/mol. The second-order valence-corrected chi connectivity index (χ2v) is 5.37. The number of amides is 1. The minimum Gasteiger partial charge on any atom is -0.495 e. The number of ether oxygens (including phenoxy) is 2. The van der Waals surface area contributed by atoms with Gasteiger partial charge in [-0.05, 0) is 49.2 Å². The molecule has 122 valence electrons. The molecule has 0 unspecified atom stereocenters. The van der Waals surface area contributed by atoms with Crippen LogP contribution in [0, 0.1) is 13.8 Å². The summed E-state index contributed by atoms with van der Waals surface area (Å²) >= 11 is 0. The third-order valence-corrected chi connectivity index (χ3v) is 3.44. The molecule has 0 aromatic heterocycles. The van der Waals surface area contributed by atoms with Crippen molar-refractivity contribution in [3.8, 4) is 11.5 Å². The van der Waals surface area contributed by atoms with Gasteiger partial charge in [0.1, 0.15) is 11.5 Å². The topological polar surface area (TPSA) is 73.6 Å². The molecule has 0 fully saturated rings. The molecule has 1 amide bonds. The Hall–Kier alpha value is -2.69. The van der Waals surface area contributed by atoms with E-state index in [0.717, 1.165) is 16.9 Å². The summed E-state index contributed by atoms with van der Waals surface area (Å²) in [6.45, 7) is 4.31. The first kappa shape index (κ1) is 16.7. The Morgan fingerprint density at radius 3 is 2.61 bits per heavy atom. The Morgan fingerprint density at radius 2 is 1.91 bits per heavy atom. The van der Waals surface area contributed by atoms with E-state index in [2.05, 4.69) is 5.32 Å². The average molecular weight is 314 g/mol. The summed E-state index contributed by atoms with van der Waals surface area (Å²) in [7, 11) is 1.55. The van der Waals surface area contributed by atoms with E-state index in [1.807, 2.05) is 32.0 Å². The summed E-state index contributed by atoms with van der Waals surface area (Å²) in [6.07, 6.45) is 0.263. The van der Waals surface area contributed by atoms with Gasteiger partial charge in [-0.1, -0.05) is 12.1 Å². The lowest BCUT2D eigenvalue weighted by Crippen LogP contribution is -2.15. The van der Waals surface area contributed by atoms with Gasteiger partial charge >= 0.3 is 0 Å². The number of anilines is 2. The summed E-state index contributed by atoms with van der Waals surface area (Å²) in [5.41, 5.74) is 9.12. The number of carbonyl (C=O) groups excluding carboxylic acids is 1. The van der Waals surface area contributed by atoms with Gasteiger partial charge in [0.2, 0.25) is 5.91 Å². The van der Waals surface area contributed by atoms with Crippen LogP contribution in [0.1, 0.15) is 17.5 Å². The molecule has 0 aliphatic heterocycles. The lowest BCUT2D eigenvalue weighted by Gasteiger charge is -2.11. The predicted octanol–water partition coefficient (Wildman–Crippen LogP) is 3.30. The van der Waals surface area contributed by atoms with Crippen LogP contribution in [-0.2, 0) is 4.79 Å². The highest BCUT2D eigenvalue weighted by Gasteiger charge is 2.06. The highest BCUT2D eigenvalue weighted by atomic mass is 16.5. The predicted molar refractivity (Wildman–Crippen MR) is 92.1 cm³/mol. The molecule has 2 aromatic rings. The van der Waals surface area contributed by atoms with Crippen LogP contribution >= 0.6 is 0 Å². The second kappa shape index (κ2) is 7.54. The lowest BCUT2D eigenvalue weighted by molar-refractivity contribution is -0.116. The van der Waals surface area contributed by atoms with Crippen molar-refractivity contribution in [2.75, 3.05) is 24.8 Å². The van der Waals surface area contributed by atoms with Crippen LogP contribution in [0.5, 0.6) is 11.5 Å². The van der Waals surface area contributed by atoms with E-state index in [-0.39, 0.29) is 12.3 Å². The molecule has 0 spiro atoms. The Kier molecular flexibility index (Phi) is 5.46. The van der Waals surface area contributed by atoms with Crippen LogP contribution in [0.15, 0.2) is 36.4 Å². The molecule has 0 saturated heterocycles. The Labute approximate surface area is 136 Å². The van der Waals surface area contributed by atoms with E-state index in [4.69, 9.17) is 15.2 Å².